The summed E-state index contributed by atoms with van der Waals surface area (Å²) in [6.45, 7) is 11.1. The predicted molar refractivity (Wildman–Crippen MR) is 75.3 cm³/mol. The quantitative estimate of drug-likeness (QED) is 0.511. The highest BCUT2D eigenvalue weighted by Gasteiger charge is 2.45. The first-order valence-electron chi connectivity index (χ1n) is 6.98. The van der Waals surface area contributed by atoms with Crippen molar-refractivity contribution in [3.8, 4) is 0 Å². The van der Waals surface area contributed by atoms with Crippen LogP contribution in [0.5, 0.6) is 0 Å². The summed E-state index contributed by atoms with van der Waals surface area (Å²) in [4.78, 5) is 13.9. The van der Waals surface area contributed by atoms with Gasteiger partial charge in [-0.3, -0.25) is 4.79 Å². The fraction of sp³-hybridized carbons (Fsp3) is 0.688. The Labute approximate surface area is 111 Å². The zero-order chi connectivity index (χ0) is 13.4. The lowest BCUT2D eigenvalue weighted by Crippen LogP contribution is -2.55. The number of likely N-dealkylation sites (tertiary alicyclic amines) is 1. The molecule has 0 saturated carbocycles. The Morgan fingerprint density at radius 2 is 2.17 bits per heavy atom. The number of allylic oxidation sites excluding steroid dienone is 2. The monoisotopic (exact) mass is 247 g/mol. The van der Waals surface area contributed by atoms with Gasteiger partial charge in [0.15, 0.2) is 0 Å². The van der Waals surface area contributed by atoms with E-state index in [2.05, 4.69) is 33.4 Å². The second kappa shape index (κ2) is 4.56. The Morgan fingerprint density at radius 1 is 1.44 bits per heavy atom. The Kier molecular flexibility index (Phi) is 3.39. The molecule has 1 spiro atoms. The van der Waals surface area contributed by atoms with Crippen molar-refractivity contribution in [1.82, 2.24) is 4.90 Å². The van der Waals surface area contributed by atoms with Crippen molar-refractivity contribution >= 4 is 5.91 Å². The molecule has 18 heavy (non-hydrogen) atoms. The number of amides is 1. The van der Waals surface area contributed by atoms with Crippen LogP contribution in [0.15, 0.2) is 24.3 Å². The maximum absolute atomic E-state index is 11.9. The minimum atomic E-state index is -0.0391. The van der Waals surface area contributed by atoms with Gasteiger partial charge in [-0.05, 0) is 64.4 Å². The van der Waals surface area contributed by atoms with Crippen molar-refractivity contribution in [3.63, 3.8) is 0 Å². The van der Waals surface area contributed by atoms with Gasteiger partial charge in [-0.1, -0.05) is 18.2 Å². The van der Waals surface area contributed by atoms with Crippen LogP contribution < -0.4 is 0 Å². The number of nitrogens with zero attached hydrogens (tertiary/aromatic N) is 1. The summed E-state index contributed by atoms with van der Waals surface area (Å²) in [7, 11) is 0. The summed E-state index contributed by atoms with van der Waals surface area (Å²) in [5.74, 6) is 0.0809. The Hall–Kier alpha value is -1.05. The van der Waals surface area contributed by atoms with Crippen LogP contribution in [-0.2, 0) is 4.79 Å². The number of rotatable bonds is 1. The van der Waals surface area contributed by atoms with Crippen LogP contribution in [0.2, 0.25) is 0 Å². The molecule has 2 aliphatic rings. The second-order valence-electron chi connectivity index (χ2n) is 6.69. The van der Waals surface area contributed by atoms with E-state index in [-0.39, 0.29) is 11.4 Å². The molecule has 0 N–H and O–H groups in total. The average molecular weight is 247 g/mol. The van der Waals surface area contributed by atoms with Crippen molar-refractivity contribution in [2.75, 3.05) is 6.54 Å². The fourth-order valence-corrected chi connectivity index (χ4v) is 3.72. The van der Waals surface area contributed by atoms with Crippen LogP contribution in [0.25, 0.3) is 0 Å². The third-order valence-corrected chi connectivity index (χ3v) is 4.78. The number of carbonyl (C=O) groups is 1. The van der Waals surface area contributed by atoms with Crippen LogP contribution in [0.4, 0.5) is 0 Å². The molecule has 2 heteroatoms. The third kappa shape index (κ3) is 2.38. The van der Waals surface area contributed by atoms with Crippen LogP contribution >= 0.6 is 0 Å². The Morgan fingerprint density at radius 3 is 2.67 bits per heavy atom. The molecule has 1 amide bonds. The molecule has 100 valence electrons. The summed E-state index contributed by atoms with van der Waals surface area (Å²) < 4.78 is 0. The van der Waals surface area contributed by atoms with E-state index in [0.717, 1.165) is 19.4 Å². The molecule has 1 unspecified atom stereocenters. The summed E-state index contributed by atoms with van der Waals surface area (Å²) in [6.07, 6.45) is 9.82. The maximum Gasteiger partial charge on any atom is 0.246 e. The first-order chi connectivity index (χ1) is 8.38. The summed E-state index contributed by atoms with van der Waals surface area (Å²) in [5, 5.41) is 0. The first kappa shape index (κ1) is 13.4. The van der Waals surface area contributed by atoms with E-state index in [9.17, 15) is 4.79 Å². The molecule has 0 aromatic rings. The van der Waals surface area contributed by atoms with Gasteiger partial charge < -0.3 is 4.90 Å². The molecule has 2 rings (SSSR count). The number of carbonyl (C=O) groups excluding carboxylic acids is 1. The van der Waals surface area contributed by atoms with E-state index in [4.69, 9.17) is 0 Å². The molecule has 1 saturated heterocycles. The van der Waals surface area contributed by atoms with Crippen LogP contribution in [-0.4, -0.2) is 22.9 Å². The largest absolute Gasteiger partial charge is 0.334 e. The lowest BCUT2D eigenvalue weighted by atomic mass is 9.64. The van der Waals surface area contributed by atoms with Gasteiger partial charge in [-0.15, -0.1) is 0 Å². The fourth-order valence-electron chi connectivity index (χ4n) is 3.72. The maximum atomic E-state index is 11.9. The van der Waals surface area contributed by atoms with Gasteiger partial charge >= 0.3 is 0 Å². The van der Waals surface area contributed by atoms with Crippen LogP contribution in [0, 0.1) is 5.41 Å². The van der Waals surface area contributed by atoms with Gasteiger partial charge in [0.2, 0.25) is 5.91 Å². The minimum Gasteiger partial charge on any atom is -0.334 e. The topological polar surface area (TPSA) is 20.3 Å². The van der Waals surface area contributed by atoms with E-state index in [1.807, 2.05) is 4.90 Å². The number of hydrogen-bond acceptors (Lipinski definition) is 1. The molecule has 1 atom stereocenters. The highest BCUT2D eigenvalue weighted by Crippen LogP contribution is 2.48. The highest BCUT2D eigenvalue weighted by molar-refractivity contribution is 5.87. The van der Waals surface area contributed by atoms with Crippen molar-refractivity contribution in [3.05, 3.63) is 24.3 Å². The Bertz CT molecular complexity index is 394. The van der Waals surface area contributed by atoms with Gasteiger partial charge in [0, 0.05) is 12.1 Å². The van der Waals surface area contributed by atoms with Crippen molar-refractivity contribution in [2.24, 2.45) is 5.41 Å². The molecule has 1 heterocycles. The van der Waals surface area contributed by atoms with Crippen molar-refractivity contribution in [1.29, 1.82) is 0 Å². The zero-order valence-electron chi connectivity index (χ0n) is 12.0. The normalized spacial score (nSPS) is 31.1. The molecule has 0 aromatic heterocycles. The molecule has 0 radical (unpaired) electrons. The van der Waals surface area contributed by atoms with E-state index >= 15 is 0 Å². The second-order valence-corrected chi connectivity index (χ2v) is 6.69. The van der Waals surface area contributed by atoms with Gasteiger partial charge in [0.25, 0.3) is 0 Å². The third-order valence-electron chi connectivity index (χ3n) is 4.78. The lowest BCUT2D eigenvalue weighted by molar-refractivity contribution is -0.136. The lowest BCUT2D eigenvalue weighted by Gasteiger charge is -2.52. The van der Waals surface area contributed by atoms with Gasteiger partial charge in [0.1, 0.15) is 0 Å². The highest BCUT2D eigenvalue weighted by atomic mass is 16.2. The van der Waals surface area contributed by atoms with Gasteiger partial charge in [-0.25, -0.2) is 0 Å². The van der Waals surface area contributed by atoms with Crippen LogP contribution in [0.1, 0.15) is 52.9 Å². The summed E-state index contributed by atoms with van der Waals surface area (Å²) in [5.41, 5.74) is 1.92. The average Bonchev–Trinajstić information content (AvgIpc) is 2.31. The summed E-state index contributed by atoms with van der Waals surface area (Å²) in [6, 6.07) is 0. The molecule has 1 aliphatic carbocycles. The van der Waals surface area contributed by atoms with E-state index in [1.54, 1.807) is 0 Å². The molecule has 0 bridgehead atoms. The molecule has 1 aliphatic heterocycles. The SMILES string of the molecule is C=CC(=O)N1CCC2(CC=C(C)CC2)CC1(C)C. The number of hydrogen-bond donors (Lipinski definition) is 0. The molecule has 1 fully saturated rings. The van der Waals surface area contributed by atoms with Gasteiger partial charge in [0.05, 0.1) is 0 Å². The van der Waals surface area contributed by atoms with E-state index < -0.39 is 0 Å². The zero-order valence-corrected chi connectivity index (χ0v) is 12.0. The van der Waals surface area contributed by atoms with Crippen LogP contribution in [0.3, 0.4) is 0 Å². The smallest absolute Gasteiger partial charge is 0.246 e. The molecular formula is C16H25NO. The summed E-state index contributed by atoms with van der Waals surface area (Å²) >= 11 is 0. The van der Waals surface area contributed by atoms with E-state index in [0.29, 0.717) is 5.41 Å². The predicted octanol–water partition coefficient (Wildman–Crippen LogP) is 3.69. The molecule has 0 aromatic carbocycles. The standard InChI is InChI=1S/C16H25NO/c1-5-14(18)17-11-10-16(12-15(17,3)4)8-6-13(2)7-9-16/h5-6H,1,7-12H2,2-4H3. The molecule has 2 nitrogen and oxygen atoms in total. The Balaban J connectivity index is 2.15. The minimum absolute atomic E-state index is 0.0391. The van der Waals surface area contributed by atoms with Crippen molar-refractivity contribution in [2.45, 2.75) is 58.4 Å². The van der Waals surface area contributed by atoms with Gasteiger partial charge in [-0.2, -0.15) is 0 Å². The van der Waals surface area contributed by atoms with E-state index in [1.165, 1.54) is 30.9 Å². The molecular weight excluding hydrogens is 222 g/mol. The van der Waals surface area contributed by atoms with Crippen molar-refractivity contribution < 1.29 is 4.79 Å². The number of piperidine rings is 1. The first-order valence-corrected chi connectivity index (χ1v) is 6.98.